The molecule has 0 aliphatic rings. The smallest absolute Gasteiger partial charge is 0.260 e. The Kier molecular flexibility index (Phi) is 7.22. The lowest BCUT2D eigenvalue weighted by Crippen LogP contribution is -2.39. The van der Waals surface area contributed by atoms with Gasteiger partial charge in [-0.25, -0.2) is 13.8 Å². The maximum Gasteiger partial charge on any atom is 0.260 e. The summed E-state index contributed by atoms with van der Waals surface area (Å²) in [5.74, 6) is 0.588. The summed E-state index contributed by atoms with van der Waals surface area (Å²) in [5.41, 5.74) is 4.96. The molecule has 0 heterocycles. The summed E-state index contributed by atoms with van der Waals surface area (Å²) in [6.07, 6.45) is 2.47. The van der Waals surface area contributed by atoms with E-state index in [9.17, 15) is 13.2 Å². The minimum Gasteiger partial charge on any atom is -0.497 e. The Hall–Kier alpha value is -3.07. The normalized spacial score (nSPS) is 11.3. The third kappa shape index (κ3) is 5.71. The van der Waals surface area contributed by atoms with Crippen LogP contribution >= 0.6 is 0 Å². The van der Waals surface area contributed by atoms with E-state index in [4.69, 9.17) is 9.47 Å². The molecule has 0 spiro atoms. The molecular formula is C20H25N3O5S. The van der Waals surface area contributed by atoms with Gasteiger partial charge in [-0.15, -0.1) is 0 Å². The van der Waals surface area contributed by atoms with Crippen LogP contribution in [0.15, 0.2) is 41.5 Å². The zero-order valence-corrected chi connectivity index (χ0v) is 17.9. The molecule has 0 saturated carbocycles. The van der Waals surface area contributed by atoms with Crippen molar-refractivity contribution in [3.8, 4) is 11.5 Å². The van der Waals surface area contributed by atoms with Crippen molar-refractivity contribution in [3.05, 3.63) is 53.1 Å². The summed E-state index contributed by atoms with van der Waals surface area (Å²) in [5, 5.41) is 3.92. The molecule has 0 aliphatic heterocycles. The van der Waals surface area contributed by atoms with Crippen LogP contribution in [0.5, 0.6) is 11.5 Å². The van der Waals surface area contributed by atoms with E-state index in [0.717, 1.165) is 21.7 Å². The number of rotatable bonds is 8. The van der Waals surface area contributed by atoms with E-state index in [2.05, 4.69) is 10.5 Å². The van der Waals surface area contributed by atoms with Gasteiger partial charge in [0.05, 0.1) is 32.4 Å². The lowest BCUT2D eigenvalue weighted by molar-refractivity contribution is -0.119. The third-order valence-electron chi connectivity index (χ3n) is 4.21. The molecule has 2 aromatic rings. The standard InChI is InChI=1S/C20H25N3O5S/c1-14-7-6-8-15(2)20(14)23(29(5,25)26)13-19(24)22-21-12-16-11-17(27-3)9-10-18(16)28-4/h6-12H,13H2,1-5H3,(H,22,24)/b21-12-. The molecule has 8 nitrogen and oxygen atoms in total. The molecule has 0 saturated heterocycles. The van der Waals surface area contributed by atoms with Crippen molar-refractivity contribution in [2.75, 3.05) is 31.3 Å². The number of sulfonamides is 1. The molecule has 1 amide bonds. The number of ether oxygens (including phenoxy) is 2. The first-order valence-corrected chi connectivity index (χ1v) is 10.6. The monoisotopic (exact) mass is 419 g/mol. The van der Waals surface area contributed by atoms with E-state index in [1.165, 1.54) is 20.4 Å². The first-order chi connectivity index (χ1) is 13.7. The number of carbonyl (C=O) groups excluding carboxylic acids is 1. The molecule has 1 N–H and O–H groups in total. The van der Waals surface area contributed by atoms with Crippen LogP contribution in [0.3, 0.4) is 0 Å². The number of aryl methyl sites for hydroxylation is 2. The average Bonchev–Trinajstić information content (AvgIpc) is 2.66. The second-order valence-corrected chi connectivity index (χ2v) is 8.32. The first kappa shape index (κ1) is 22.2. The van der Waals surface area contributed by atoms with Gasteiger partial charge >= 0.3 is 0 Å². The molecule has 0 aliphatic carbocycles. The van der Waals surface area contributed by atoms with E-state index in [1.54, 1.807) is 44.2 Å². The molecule has 29 heavy (non-hydrogen) atoms. The van der Waals surface area contributed by atoms with Crippen molar-refractivity contribution in [2.24, 2.45) is 5.10 Å². The van der Waals surface area contributed by atoms with Crippen molar-refractivity contribution in [1.29, 1.82) is 0 Å². The van der Waals surface area contributed by atoms with Crippen molar-refractivity contribution < 1.29 is 22.7 Å². The van der Waals surface area contributed by atoms with Gasteiger partial charge in [0.2, 0.25) is 10.0 Å². The molecule has 0 unspecified atom stereocenters. The van der Waals surface area contributed by atoms with Crippen LogP contribution in [-0.4, -0.2) is 47.6 Å². The van der Waals surface area contributed by atoms with Gasteiger partial charge in [0, 0.05) is 5.56 Å². The topological polar surface area (TPSA) is 97.3 Å². The van der Waals surface area contributed by atoms with E-state index < -0.39 is 22.5 Å². The average molecular weight is 420 g/mol. The number of hydrogen-bond donors (Lipinski definition) is 1. The fourth-order valence-electron chi connectivity index (χ4n) is 2.84. The summed E-state index contributed by atoms with van der Waals surface area (Å²) in [6.45, 7) is 3.20. The Bertz CT molecular complexity index is 999. The molecular weight excluding hydrogens is 394 g/mol. The predicted molar refractivity (Wildman–Crippen MR) is 113 cm³/mol. The number of nitrogens with zero attached hydrogens (tertiary/aromatic N) is 2. The number of amides is 1. The van der Waals surface area contributed by atoms with Crippen molar-refractivity contribution in [2.45, 2.75) is 13.8 Å². The van der Waals surface area contributed by atoms with Crippen molar-refractivity contribution in [3.63, 3.8) is 0 Å². The Labute approximate surface area is 171 Å². The van der Waals surface area contributed by atoms with Crippen LogP contribution in [0, 0.1) is 13.8 Å². The van der Waals surface area contributed by atoms with E-state index in [-0.39, 0.29) is 0 Å². The summed E-state index contributed by atoms with van der Waals surface area (Å²) in [7, 11) is -0.611. The van der Waals surface area contributed by atoms with Crippen molar-refractivity contribution >= 4 is 27.8 Å². The van der Waals surface area contributed by atoms with Gasteiger partial charge in [-0.05, 0) is 43.2 Å². The number of methoxy groups -OCH3 is 2. The van der Waals surface area contributed by atoms with Gasteiger partial charge in [-0.2, -0.15) is 5.10 Å². The van der Waals surface area contributed by atoms with Crippen LogP contribution in [-0.2, 0) is 14.8 Å². The second kappa shape index (κ2) is 9.42. The SMILES string of the molecule is COc1ccc(OC)c(/C=N\NC(=O)CN(c2c(C)cccc2C)S(C)(=O)=O)c1. The van der Waals surface area contributed by atoms with E-state index >= 15 is 0 Å². The third-order valence-corrected chi connectivity index (χ3v) is 5.32. The molecule has 156 valence electrons. The number of benzene rings is 2. The van der Waals surface area contributed by atoms with E-state index in [0.29, 0.717) is 22.7 Å². The summed E-state index contributed by atoms with van der Waals surface area (Å²) < 4.78 is 36.1. The molecule has 9 heteroatoms. The maximum absolute atomic E-state index is 12.4. The Balaban J connectivity index is 2.19. The lowest BCUT2D eigenvalue weighted by Gasteiger charge is -2.25. The Morgan fingerprint density at radius 3 is 2.34 bits per heavy atom. The van der Waals surface area contributed by atoms with E-state index in [1.807, 2.05) is 6.07 Å². The summed E-state index contributed by atoms with van der Waals surface area (Å²) >= 11 is 0. The molecule has 2 aromatic carbocycles. The number of para-hydroxylation sites is 1. The van der Waals surface area contributed by atoms with Gasteiger partial charge < -0.3 is 9.47 Å². The molecule has 0 aromatic heterocycles. The molecule has 0 bridgehead atoms. The highest BCUT2D eigenvalue weighted by atomic mass is 32.2. The zero-order chi connectivity index (χ0) is 21.6. The fraction of sp³-hybridized carbons (Fsp3) is 0.300. The molecule has 0 fully saturated rings. The Morgan fingerprint density at radius 1 is 1.14 bits per heavy atom. The highest BCUT2D eigenvalue weighted by molar-refractivity contribution is 7.92. The second-order valence-electron chi connectivity index (χ2n) is 6.41. The largest absolute Gasteiger partial charge is 0.497 e. The number of nitrogens with one attached hydrogen (secondary N) is 1. The minimum absolute atomic E-state index is 0.392. The highest BCUT2D eigenvalue weighted by Gasteiger charge is 2.23. The zero-order valence-electron chi connectivity index (χ0n) is 17.1. The summed E-state index contributed by atoms with van der Waals surface area (Å²) in [4.78, 5) is 12.4. The van der Waals surface area contributed by atoms with Crippen LogP contribution < -0.4 is 19.2 Å². The number of carbonyl (C=O) groups is 1. The predicted octanol–water partition coefficient (Wildman–Crippen LogP) is 2.24. The van der Waals surface area contributed by atoms with Gasteiger partial charge in [0.1, 0.15) is 18.0 Å². The molecule has 0 atom stereocenters. The van der Waals surface area contributed by atoms with Gasteiger partial charge in [0.25, 0.3) is 5.91 Å². The summed E-state index contributed by atoms with van der Waals surface area (Å²) in [6, 6.07) is 10.6. The number of hydrazone groups is 1. The van der Waals surface area contributed by atoms with Gasteiger partial charge in [-0.1, -0.05) is 18.2 Å². The lowest BCUT2D eigenvalue weighted by atomic mass is 10.1. The van der Waals surface area contributed by atoms with Crippen LogP contribution in [0.2, 0.25) is 0 Å². The Morgan fingerprint density at radius 2 is 1.79 bits per heavy atom. The minimum atomic E-state index is -3.67. The van der Waals surface area contributed by atoms with Gasteiger partial charge in [-0.3, -0.25) is 9.10 Å². The maximum atomic E-state index is 12.4. The first-order valence-electron chi connectivity index (χ1n) is 8.75. The highest BCUT2D eigenvalue weighted by Crippen LogP contribution is 2.26. The number of anilines is 1. The van der Waals surface area contributed by atoms with Crippen LogP contribution in [0.4, 0.5) is 5.69 Å². The molecule has 2 rings (SSSR count). The van der Waals surface area contributed by atoms with Crippen LogP contribution in [0.25, 0.3) is 0 Å². The van der Waals surface area contributed by atoms with Crippen molar-refractivity contribution in [1.82, 2.24) is 5.43 Å². The van der Waals surface area contributed by atoms with Crippen LogP contribution in [0.1, 0.15) is 16.7 Å². The molecule has 0 radical (unpaired) electrons. The number of hydrogen-bond acceptors (Lipinski definition) is 6. The van der Waals surface area contributed by atoms with Gasteiger partial charge in [0.15, 0.2) is 0 Å². The fourth-order valence-corrected chi connectivity index (χ4v) is 3.81. The quantitative estimate of drug-likeness (QED) is 0.523.